The molecule has 7 heteroatoms. The van der Waals surface area contributed by atoms with Crippen molar-refractivity contribution in [3.63, 3.8) is 0 Å². The lowest BCUT2D eigenvalue weighted by molar-refractivity contribution is 0.161. The topological polar surface area (TPSA) is 81.6 Å². The summed E-state index contributed by atoms with van der Waals surface area (Å²) in [7, 11) is 0. The molecule has 142 valence electrons. The molecule has 6 nitrogen and oxygen atoms in total. The maximum Gasteiger partial charge on any atom is 0.411 e. The average Bonchev–Trinajstić information content (AvgIpc) is 3.04. The molecule has 0 aliphatic carbocycles. The number of nitrogens with zero attached hydrogens (tertiary/aromatic N) is 2. The van der Waals surface area contributed by atoms with E-state index in [9.17, 15) is 9.18 Å². The van der Waals surface area contributed by atoms with Gasteiger partial charge in [-0.25, -0.2) is 14.2 Å². The summed E-state index contributed by atoms with van der Waals surface area (Å²) in [6.45, 7) is 2.29. The van der Waals surface area contributed by atoms with Crippen molar-refractivity contribution in [3.8, 4) is 11.3 Å². The van der Waals surface area contributed by atoms with Crippen molar-refractivity contribution in [3.05, 3.63) is 60.5 Å². The van der Waals surface area contributed by atoms with E-state index < -0.39 is 6.09 Å². The Balaban J connectivity index is 1.79. The zero-order valence-electron chi connectivity index (χ0n) is 15.3. The second-order valence-corrected chi connectivity index (χ2v) is 6.42. The lowest BCUT2D eigenvalue weighted by Crippen LogP contribution is -2.13. The molecule has 2 aromatic heterocycles. The first-order chi connectivity index (χ1) is 13.6. The number of aromatic nitrogens is 2. The Labute approximate surface area is 160 Å². The Morgan fingerprint density at radius 1 is 1.21 bits per heavy atom. The van der Waals surface area contributed by atoms with Crippen LogP contribution in [0.15, 0.2) is 54.7 Å². The number of nitrogens with one attached hydrogen (secondary N) is 1. The number of pyridine rings is 1. The van der Waals surface area contributed by atoms with Gasteiger partial charge >= 0.3 is 6.09 Å². The highest BCUT2D eigenvalue weighted by Crippen LogP contribution is 2.31. The molecule has 0 radical (unpaired) electrons. The number of fused-ring (bicyclic) bond motifs is 3. The lowest BCUT2D eigenvalue weighted by atomic mass is 10.1. The van der Waals surface area contributed by atoms with Gasteiger partial charge in [0, 0.05) is 22.8 Å². The number of anilines is 2. The van der Waals surface area contributed by atoms with E-state index in [0.717, 1.165) is 22.8 Å². The summed E-state index contributed by atoms with van der Waals surface area (Å²) in [6.07, 6.45) is 2.10. The third-order valence-corrected chi connectivity index (χ3v) is 4.45. The van der Waals surface area contributed by atoms with Crippen molar-refractivity contribution in [1.29, 1.82) is 0 Å². The van der Waals surface area contributed by atoms with E-state index >= 15 is 0 Å². The number of hydrogen-bond acceptors (Lipinski definition) is 4. The van der Waals surface area contributed by atoms with Gasteiger partial charge in [0.05, 0.1) is 6.61 Å². The lowest BCUT2D eigenvalue weighted by Gasteiger charge is -2.08. The third-order valence-electron chi connectivity index (χ3n) is 4.45. The van der Waals surface area contributed by atoms with Gasteiger partial charge in [-0.3, -0.25) is 9.72 Å². The van der Waals surface area contributed by atoms with Crippen LogP contribution >= 0.6 is 0 Å². The van der Waals surface area contributed by atoms with Crippen molar-refractivity contribution < 1.29 is 13.9 Å². The van der Waals surface area contributed by atoms with Gasteiger partial charge in [-0.1, -0.05) is 13.0 Å². The van der Waals surface area contributed by atoms with E-state index in [0.29, 0.717) is 29.5 Å². The average molecular weight is 378 g/mol. The first-order valence-corrected chi connectivity index (χ1v) is 8.97. The van der Waals surface area contributed by atoms with Crippen LogP contribution in [0.2, 0.25) is 0 Å². The number of amides is 1. The Bertz CT molecular complexity index is 1170. The van der Waals surface area contributed by atoms with Crippen LogP contribution in [0, 0.1) is 5.82 Å². The van der Waals surface area contributed by atoms with Crippen LogP contribution in [0.4, 0.5) is 20.7 Å². The maximum atomic E-state index is 13.2. The van der Waals surface area contributed by atoms with Crippen molar-refractivity contribution in [1.82, 2.24) is 9.38 Å². The molecule has 0 unspecified atom stereocenters. The molecule has 1 amide bonds. The van der Waals surface area contributed by atoms with Gasteiger partial charge in [-0.2, -0.15) is 0 Å². The Morgan fingerprint density at radius 3 is 2.75 bits per heavy atom. The number of ether oxygens (including phenoxy) is 1. The van der Waals surface area contributed by atoms with Crippen LogP contribution < -0.4 is 11.1 Å². The Hall–Kier alpha value is -3.61. The molecule has 4 aromatic rings. The van der Waals surface area contributed by atoms with Crippen LogP contribution in [0.25, 0.3) is 27.7 Å². The summed E-state index contributed by atoms with van der Waals surface area (Å²) >= 11 is 0. The summed E-state index contributed by atoms with van der Waals surface area (Å²) in [6, 6.07) is 13.5. The first-order valence-electron chi connectivity index (χ1n) is 8.97. The second-order valence-electron chi connectivity index (χ2n) is 6.42. The van der Waals surface area contributed by atoms with Crippen molar-refractivity contribution in [2.45, 2.75) is 13.3 Å². The van der Waals surface area contributed by atoms with Gasteiger partial charge in [0.25, 0.3) is 0 Å². The van der Waals surface area contributed by atoms with Gasteiger partial charge in [0.15, 0.2) is 0 Å². The molecule has 2 aromatic carbocycles. The molecule has 0 atom stereocenters. The molecule has 3 N–H and O–H groups in total. The van der Waals surface area contributed by atoms with E-state index in [2.05, 4.69) is 10.3 Å². The highest BCUT2D eigenvalue weighted by Gasteiger charge is 2.14. The normalized spacial score (nSPS) is 11.1. The van der Waals surface area contributed by atoms with Crippen LogP contribution in [0.5, 0.6) is 0 Å². The summed E-state index contributed by atoms with van der Waals surface area (Å²) in [5, 5.41) is 4.51. The fraction of sp³-hybridized carbons (Fsp3) is 0.143. The second kappa shape index (κ2) is 7.19. The van der Waals surface area contributed by atoms with Gasteiger partial charge in [0.2, 0.25) is 0 Å². The van der Waals surface area contributed by atoms with E-state index in [1.54, 1.807) is 22.6 Å². The van der Waals surface area contributed by atoms with Gasteiger partial charge in [0.1, 0.15) is 23.0 Å². The number of halogens is 1. The molecule has 0 spiro atoms. The monoisotopic (exact) mass is 378 g/mol. The largest absolute Gasteiger partial charge is 0.449 e. The van der Waals surface area contributed by atoms with Gasteiger partial charge in [-0.05, 0) is 54.3 Å². The predicted octanol–water partition coefficient (Wildman–Crippen LogP) is 4.83. The number of nitrogens with two attached hydrogens (primary N) is 1. The van der Waals surface area contributed by atoms with E-state index in [4.69, 9.17) is 10.5 Å². The molecule has 0 bridgehead atoms. The minimum atomic E-state index is -0.497. The van der Waals surface area contributed by atoms with E-state index in [1.165, 1.54) is 12.1 Å². The Morgan fingerprint density at radius 2 is 2.00 bits per heavy atom. The van der Waals surface area contributed by atoms with Crippen molar-refractivity contribution in [2.75, 3.05) is 17.7 Å². The SMILES string of the molecule is CCCOC(=O)Nc1ccc2ccn3c(N)c(-c4ccc(F)cc4)nc3c2c1. The first kappa shape index (κ1) is 17.8. The number of hydrogen-bond donors (Lipinski definition) is 2. The van der Waals surface area contributed by atoms with E-state index in [1.807, 2.05) is 31.3 Å². The molecule has 28 heavy (non-hydrogen) atoms. The fourth-order valence-electron chi connectivity index (χ4n) is 3.08. The standard InChI is InChI=1S/C21H19FN4O2/c1-2-11-28-21(27)24-16-8-5-13-9-10-26-19(23)18(25-20(26)17(13)12-16)14-3-6-15(22)7-4-14/h3-10,12H,2,11,23H2,1H3,(H,24,27). The maximum absolute atomic E-state index is 13.2. The molecule has 4 rings (SSSR count). The van der Waals surface area contributed by atoms with Gasteiger partial charge < -0.3 is 10.5 Å². The number of rotatable bonds is 4. The summed E-state index contributed by atoms with van der Waals surface area (Å²) in [4.78, 5) is 16.5. The highest BCUT2D eigenvalue weighted by atomic mass is 19.1. The van der Waals surface area contributed by atoms with Gasteiger partial charge in [-0.15, -0.1) is 0 Å². The number of imidazole rings is 1. The van der Waals surface area contributed by atoms with Crippen molar-refractivity contribution in [2.24, 2.45) is 0 Å². The third kappa shape index (κ3) is 3.22. The van der Waals surface area contributed by atoms with E-state index in [-0.39, 0.29) is 5.82 Å². The number of carbonyl (C=O) groups excluding carboxylic acids is 1. The molecular weight excluding hydrogens is 359 g/mol. The summed E-state index contributed by atoms with van der Waals surface area (Å²) in [5.74, 6) is 0.145. The number of carbonyl (C=O) groups is 1. The quantitative estimate of drug-likeness (QED) is 0.533. The molecule has 0 aliphatic heterocycles. The minimum absolute atomic E-state index is 0.317. The van der Waals surface area contributed by atoms with Crippen LogP contribution in [-0.2, 0) is 4.74 Å². The zero-order chi connectivity index (χ0) is 19.7. The molecule has 2 heterocycles. The highest BCUT2D eigenvalue weighted by molar-refractivity contribution is 5.99. The predicted molar refractivity (Wildman–Crippen MR) is 108 cm³/mol. The van der Waals surface area contributed by atoms with Crippen LogP contribution in [-0.4, -0.2) is 22.1 Å². The van der Waals surface area contributed by atoms with Crippen LogP contribution in [0.3, 0.4) is 0 Å². The summed E-state index contributed by atoms with van der Waals surface area (Å²) in [5.41, 5.74) is 8.85. The summed E-state index contributed by atoms with van der Waals surface area (Å²) < 4.78 is 20.1. The molecule has 0 saturated carbocycles. The molecular formula is C21H19FN4O2. The molecule has 0 fully saturated rings. The van der Waals surface area contributed by atoms with Crippen molar-refractivity contribution >= 4 is 34.0 Å². The molecule has 0 aliphatic rings. The smallest absolute Gasteiger partial charge is 0.411 e. The zero-order valence-corrected chi connectivity index (χ0v) is 15.3. The number of nitrogen functional groups attached to an aromatic ring is 1. The fourth-order valence-corrected chi connectivity index (χ4v) is 3.08. The Kier molecular flexibility index (Phi) is 4.57. The molecule has 0 saturated heterocycles. The number of benzene rings is 2. The minimum Gasteiger partial charge on any atom is -0.449 e. The van der Waals surface area contributed by atoms with Crippen LogP contribution in [0.1, 0.15) is 13.3 Å².